The fourth-order valence-electron chi connectivity index (χ4n) is 1.60. The molecule has 82 valence electrons. The van der Waals surface area contributed by atoms with Gasteiger partial charge in [-0.1, -0.05) is 18.2 Å². The van der Waals surface area contributed by atoms with Crippen LogP contribution in [-0.4, -0.2) is 26.4 Å². The topological polar surface area (TPSA) is 53.7 Å². The van der Waals surface area contributed by atoms with Crippen LogP contribution in [0.15, 0.2) is 24.3 Å². The maximum atomic E-state index is 5.61. The molecule has 2 N–H and O–H groups in total. The Bertz CT molecular complexity index is 329. The molecule has 15 heavy (non-hydrogen) atoms. The van der Waals surface area contributed by atoms with E-state index in [0.29, 0.717) is 13.2 Å². The Balaban J connectivity index is 2.16. The van der Waals surface area contributed by atoms with E-state index in [4.69, 9.17) is 19.9 Å². The Morgan fingerprint density at radius 1 is 1.47 bits per heavy atom. The van der Waals surface area contributed by atoms with Crippen LogP contribution in [-0.2, 0) is 9.47 Å². The fourth-order valence-corrected chi connectivity index (χ4v) is 1.60. The molecule has 1 saturated heterocycles. The predicted octanol–water partition coefficient (Wildman–Crippen LogP) is 1.07. The SMILES string of the molecule is COc1ccccc1C1OCC(CN)O1. The van der Waals surface area contributed by atoms with Crippen LogP contribution in [0.2, 0.25) is 0 Å². The lowest BCUT2D eigenvalue weighted by Crippen LogP contribution is -2.21. The minimum Gasteiger partial charge on any atom is -0.496 e. The number of hydrogen-bond donors (Lipinski definition) is 1. The molecular formula is C11H15NO3. The normalized spacial score (nSPS) is 25.5. The minimum absolute atomic E-state index is 0.0140. The number of benzene rings is 1. The number of ether oxygens (including phenoxy) is 3. The van der Waals surface area contributed by atoms with Gasteiger partial charge in [0.2, 0.25) is 0 Å². The van der Waals surface area contributed by atoms with Crippen molar-refractivity contribution in [2.75, 3.05) is 20.3 Å². The van der Waals surface area contributed by atoms with Crippen LogP contribution in [0.3, 0.4) is 0 Å². The molecule has 0 bridgehead atoms. The molecule has 1 aromatic rings. The number of hydrogen-bond acceptors (Lipinski definition) is 4. The molecule has 1 aliphatic heterocycles. The molecule has 2 unspecified atom stereocenters. The van der Waals surface area contributed by atoms with Gasteiger partial charge in [-0.05, 0) is 6.07 Å². The summed E-state index contributed by atoms with van der Waals surface area (Å²) in [6.07, 6.45) is -0.366. The van der Waals surface area contributed by atoms with Gasteiger partial charge in [0, 0.05) is 12.1 Å². The molecule has 4 heteroatoms. The largest absolute Gasteiger partial charge is 0.496 e. The van der Waals surface area contributed by atoms with Crippen LogP contribution in [0.25, 0.3) is 0 Å². The first-order valence-electron chi connectivity index (χ1n) is 4.95. The molecule has 1 aromatic carbocycles. The first-order valence-corrected chi connectivity index (χ1v) is 4.95. The number of para-hydroxylation sites is 1. The number of nitrogens with two attached hydrogens (primary N) is 1. The Morgan fingerprint density at radius 3 is 2.93 bits per heavy atom. The van der Waals surface area contributed by atoms with Crippen LogP contribution in [0, 0.1) is 0 Å². The summed E-state index contributed by atoms with van der Waals surface area (Å²) in [5.41, 5.74) is 6.42. The molecule has 1 fully saturated rings. The van der Waals surface area contributed by atoms with Crippen LogP contribution >= 0.6 is 0 Å². The van der Waals surface area contributed by atoms with Gasteiger partial charge in [0.25, 0.3) is 0 Å². The zero-order chi connectivity index (χ0) is 10.7. The van der Waals surface area contributed by atoms with Crippen molar-refractivity contribution < 1.29 is 14.2 Å². The van der Waals surface area contributed by atoms with Crippen molar-refractivity contribution in [1.29, 1.82) is 0 Å². The highest BCUT2D eigenvalue weighted by Gasteiger charge is 2.28. The second-order valence-electron chi connectivity index (χ2n) is 3.40. The van der Waals surface area contributed by atoms with Crippen molar-refractivity contribution >= 4 is 0 Å². The molecule has 0 amide bonds. The van der Waals surface area contributed by atoms with Crippen molar-refractivity contribution in [3.05, 3.63) is 29.8 Å². The lowest BCUT2D eigenvalue weighted by Gasteiger charge is -2.14. The van der Waals surface area contributed by atoms with E-state index in [-0.39, 0.29) is 12.4 Å². The van der Waals surface area contributed by atoms with Crippen LogP contribution < -0.4 is 10.5 Å². The zero-order valence-electron chi connectivity index (χ0n) is 8.68. The Labute approximate surface area is 88.9 Å². The average Bonchev–Trinajstić information content (AvgIpc) is 2.77. The number of methoxy groups -OCH3 is 1. The zero-order valence-corrected chi connectivity index (χ0v) is 8.68. The van der Waals surface area contributed by atoms with Gasteiger partial charge in [-0.3, -0.25) is 0 Å². The van der Waals surface area contributed by atoms with E-state index in [1.807, 2.05) is 24.3 Å². The summed E-state index contributed by atoms with van der Waals surface area (Å²) in [7, 11) is 1.63. The van der Waals surface area contributed by atoms with E-state index in [0.717, 1.165) is 11.3 Å². The second-order valence-corrected chi connectivity index (χ2v) is 3.40. The van der Waals surface area contributed by atoms with Crippen molar-refractivity contribution in [3.8, 4) is 5.75 Å². The Hall–Kier alpha value is -1.10. The molecule has 0 aromatic heterocycles. The Kier molecular flexibility index (Phi) is 3.20. The smallest absolute Gasteiger partial charge is 0.188 e. The first-order chi connectivity index (χ1) is 7.35. The van der Waals surface area contributed by atoms with Gasteiger partial charge in [-0.2, -0.15) is 0 Å². The van der Waals surface area contributed by atoms with Gasteiger partial charge in [0.05, 0.1) is 19.8 Å². The van der Waals surface area contributed by atoms with E-state index in [1.165, 1.54) is 0 Å². The molecule has 0 saturated carbocycles. The van der Waals surface area contributed by atoms with E-state index < -0.39 is 0 Å². The third-order valence-electron chi connectivity index (χ3n) is 2.41. The van der Waals surface area contributed by atoms with Crippen molar-refractivity contribution in [2.45, 2.75) is 12.4 Å². The summed E-state index contributed by atoms with van der Waals surface area (Å²) in [4.78, 5) is 0. The summed E-state index contributed by atoms with van der Waals surface area (Å²) < 4.78 is 16.4. The fraction of sp³-hybridized carbons (Fsp3) is 0.455. The van der Waals surface area contributed by atoms with Crippen molar-refractivity contribution in [1.82, 2.24) is 0 Å². The third-order valence-corrected chi connectivity index (χ3v) is 2.41. The highest BCUT2D eigenvalue weighted by atomic mass is 16.7. The van der Waals surface area contributed by atoms with Crippen LogP contribution in [0.4, 0.5) is 0 Å². The van der Waals surface area contributed by atoms with E-state index in [9.17, 15) is 0 Å². The lowest BCUT2D eigenvalue weighted by atomic mass is 10.2. The van der Waals surface area contributed by atoms with Gasteiger partial charge in [-0.15, -0.1) is 0 Å². The van der Waals surface area contributed by atoms with Crippen LogP contribution in [0.1, 0.15) is 11.9 Å². The summed E-state index contributed by atoms with van der Waals surface area (Å²) >= 11 is 0. The van der Waals surface area contributed by atoms with Gasteiger partial charge >= 0.3 is 0 Å². The maximum Gasteiger partial charge on any atom is 0.188 e. The Morgan fingerprint density at radius 2 is 2.27 bits per heavy atom. The molecular weight excluding hydrogens is 194 g/mol. The molecule has 2 rings (SSSR count). The molecule has 1 aliphatic rings. The van der Waals surface area contributed by atoms with E-state index in [1.54, 1.807) is 7.11 Å². The average molecular weight is 209 g/mol. The van der Waals surface area contributed by atoms with Crippen LogP contribution in [0.5, 0.6) is 5.75 Å². The first kappa shape index (κ1) is 10.4. The molecule has 4 nitrogen and oxygen atoms in total. The van der Waals surface area contributed by atoms with Gasteiger partial charge < -0.3 is 19.9 Å². The highest BCUT2D eigenvalue weighted by Crippen LogP contribution is 2.32. The van der Waals surface area contributed by atoms with E-state index >= 15 is 0 Å². The second kappa shape index (κ2) is 4.61. The molecule has 1 heterocycles. The summed E-state index contributed by atoms with van der Waals surface area (Å²) in [6, 6.07) is 7.66. The molecule has 2 atom stereocenters. The summed E-state index contributed by atoms with van der Waals surface area (Å²) in [5, 5.41) is 0. The van der Waals surface area contributed by atoms with Gasteiger partial charge in [0.1, 0.15) is 5.75 Å². The minimum atomic E-state index is -0.352. The molecule has 0 spiro atoms. The monoisotopic (exact) mass is 209 g/mol. The highest BCUT2D eigenvalue weighted by molar-refractivity contribution is 5.34. The summed E-state index contributed by atoms with van der Waals surface area (Å²) in [6.45, 7) is 1.02. The standard InChI is InChI=1S/C11H15NO3/c1-13-10-5-3-2-4-9(10)11-14-7-8(6-12)15-11/h2-5,8,11H,6-7,12H2,1H3. The third kappa shape index (κ3) is 2.12. The predicted molar refractivity (Wildman–Crippen MR) is 55.6 cm³/mol. The lowest BCUT2D eigenvalue weighted by molar-refractivity contribution is -0.0597. The quantitative estimate of drug-likeness (QED) is 0.809. The maximum absolute atomic E-state index is 5.61. The van der Waals surface area contributed by atoms with Crippen molar-refractivity contribution in [2.24, 2.45) is 5.73 Å². The van der Waals surface area contributed by atoms with Gasteiger partial charge in [0.15, 0.2) is 6.29 Å². The van der Waals surface area contributed by atoms with E-state index in [2.05, 4.69) is 0 Å². The number of rotatable bonds is 3. The van der Waals surface area contributed by atoms with Gasteiger partial charge in [-0.25, -0.2) is 0 Å². The molecule has 0 radical (unpaired) electrons. The summed E-state index contributed by atoms with van der Waals surface area (Å²) in [5.74, 6) is 0.778. The molecule has 0 aliphatic carbocycles. The van der Waals surface area contributed by atoms with Crippen molar-refractivity contribution in [3.63, 3.8) is 0 Å².